The molecular weight excluding hydrogens is 214 g/mol. The standard InChI is InChI=1S/C9H17N3O.2C2H6/c1-3-8(13)11-9(10)12-6-4-5-7(12)2;2*1-2/h7H,3-6H2,1-2H3,(H2,10,11,13);2*1-2H3. The highest BCUT2D eigenvalue weighted by atomic mass is 16.1. The average Bonchev–Trinajstić information content (AvgIpc) is 2.80. The van der Waals surface area contributed by atoms with E-state index in [2.05, 4.69) is 11.9 Å². The SMILES string of the molecule is CC.CC.CCC(=O)N=C(N)N1CCCC1C. The van der Waals surface area contributed by atoms with Crippen LogP contribution in [0.5, 0.6) is 0 Å². The number of carbonyl (C=O) groups is 1. The summed E-state index contributed by atoms with van der Waals surface area (Å²) in [5.74, 6) is 0.244. The minimum absolute atomic E-state index is 0.142. The lowest BCUT2D eigenvalue weighted by Gasteiger charge is -2.21. The zero-order valence-electron chi connectivity index (χ0n) is 12.3. The van der Waals surface area contributed by atoms with Gasteiger partial charge in [0, 0.05) is 19.0 Å². The molecular formula is C13H29N3O. The van der Waals surface area contributed by atoms with Gasteiger partial charge in [0.15, 0.2) is 5.96 Å². The number of likely N-dealkylation sites (tertiary alicyclic amines) is 1. The molecule has 1 heterocycles. The number of nitrogens with two attached hydrogens (primary N) is 1. The third-order valence-corrected chi connectivity index (χ3v) is 2.39. The first kappa shape index (κ1) is 18.3. The fourth-order valence-corrected chi connectivity index (χ4v) is 1.54. The van der Waals surface area contributed by atoms with Crippen LogP contribution >= 0.6 is 0 Å². The first-order valence-electron chi connectivity index (χ1n) is 6.78. The van der Waals surface area contributed by atoms with E-state index in [1.54, 1.807) is 6.92 Å². The summed E-state index contributed by atoms with van der Waals surface area (Å²) in [6.45, 7) is 12.8. The zero-order valence-corrected chi connectivity index (χ0v) is 12.3. The Kier molecular flexibility index (Phi) is 12.3. The maximum atomic E-state index is 11.0. The minimum Gasteiger partial charge on any atom is -0.369 e. The summed E-state index contributed by atoms with van der Waals surface area (Å²) in [7, 11) is 0. The molecule has 1 aliphatic rings. The lowest BCUT2D eigenvalue weighted by Crippen LogP contribution is -2.39. The highest BCUT2D eigenvalue weighted by Gasteiger charge is 2.21. The van der Waals surface area contributed by atoms with Crippen molar-refractivity contribution in [1.82, 2.24) is 4.90 Å². The van der Waals surface area contributed by atoms with Gasteiger partial charge < -0.3 is 10.6 Å². The molecule has 1 fully saturated rings. The van der Waals surface area contributed by atoms with Crippen molar-refractivity contribution in [2.45, 2.75) is 66.8 Å². The number of carbonyl (C=O) groups excluding carboxylic acids is 1. The van der Waals surface area contributed by atoms with Crippen molar-refractivity contribution in [3.05, 3.63) is 0 Å². The van der Waals surface area contributed by atoms with Crippen LogP contribution in [0.25, 0.3) is 0 Å². The Balaban J connectivity index is 0. The van der Waals surface area contributed by atoms with E-state index < -0.39 is 0 Å². The predicted molar refractivity (Wildman–Crippen MR) is 75.0 cm³/mol. The predicted octanol–water partition coefficient (Wildman–Crippen LogP) is 2.77. The van der Waals surface area contributed by atoms with Gasteiger partial charge in [0.2, 0.25) is 5.91 Å². The highest BCUT2D eigenvalue weighted by molar-refractivity contribution is 5.92. The molecule has 0 bridgehead atoms. The number of guanidine groups is 1. The summed E-state index contributed by atoms with van der Waals surface area (Å²) >= 11 is 0. The van der Waals surface area contributed by atoms with Crippen molar-refractivity contribution in [3.8, 4) is 0 Å². The maximum absolute atomic E-state index is 11.0. The van der Waals surface area contributed by atoms with E-state index in [1.807, 2.05) is 32.6 Å². The quantitative estimate of drug-likeness (QED) is 0.569. The maximum Gasteiger partial charge on any atom is 0.248 e. The van der Waals surface area contributed by atoms with Gasteiger partial charge >= 0.3 is 0 Å². The third kappa shape index (κ3) is 6.97. The Hall–Kier alpha value is -1.06. The summed E-state index contributed by atoms with van der Waals surface area (Å²) in [6, 6.07) is 0.424. The fraction of sp³-hybridized carbons (Fsp3) is 0.846. The van der Waals surface area contributed by atoms with Gasteiger partial charge in [-0.25, -0.2) is 0 Å². The first-order valence-corrected chi connectivity index (χ1v) is 6.78. The molecule has 1 atom stereocenters. The number of amides is 1. The van der Waals surface area contributed by atoms with E-state index in [-0.39, 0.29) is 5.91 Å². The number of rotatable bonds is 1. The van der Waals surface area contributed by atoms with Crippen molar-refractivity contribution < 1.29 is 4.79 Å². The third-order valence-electron chi connectivity index (χ3n) is 2.39. The molecule has 2 N–H and O–H groups in total. The molecule has 4 heteroatoms. The molecule has 0 aromatic rings. The van der Waals surface area contributed by atoms with Gasteiger partial charge in [-0.1, -0.05) is 34.6 Å². The van der Waals surface area contributed by atoms with Crippen LogP contribution in [-0.4, -0.2) is 29.4 Å². The van der Waals surface area contributed by atoms with Gasteiger partial charge in [0.1, 0.15) is 0 Å². The van der Waals surface area contributed by atoms with Gasteiger partial charge in [-0.3, -0.25) is 4.79 Å². The van der Waals surface area contributed by atoms with Gasteiger partial charge in [-0.05, 0) is 19.8 Å². The number of nitrogens with zero attached hydrogens (tertiary/aromatic N) is 2. The Morgan fingerprint density at radius 1 is 1.35 bits per heavy atom. The van der Waals surface area contributed by atoms with E-state index in [0.717, 1.165) is 19.4 Å². The summed E-state index contributed by atoms with van der Waals surface area (Å²) < 4.78 is 0. The monoisotopic (exact) mass is 243 g/mol. The molecule has 1 amide bonds. The lowest BCUT2D eigenvalue weighted by atomic mass is 10.2. The molecule has 0 aromatic carbocycles. The number of hydrogen-bond donors (Lipinski definition) is 1. The Morgan fingerprint density at radius 2 is 1.88 bits per heavy atom. The normalized spacial score (nSPS) is 18.8. The van der Waals surface area contributed by atoms with Crippen molar-refractivity contribution in [1.29, 1.82) is 0 Å². The van der Waals surface area contributed by atoms with E-state index in [1.165, 1.54) is 0 Å². The van der Waals surface area contributed by atoms with Crippen LogP contribution in [0.15, 0.2) is 4.99 Å². The second kappa shape index (κ2) is 11.4. The van der Waals surface area contributed by atoms with Crippen molar-refractivity contribution in [2.24, 2.45) is 10.7 Å². The fourth-order valence-electron chi connectivity index (χ4n) is 1.54. The molecule has 102 valence electrons. The average molecular weight is 243 g/mol. The van der Waals surface area contributed by atoms with Gasteiger partial charge in [0.25, 0.3) is 0 Å². The molecule has 0 aliphatic carbocycles. The van der Waals surface area contributed by atoms with E-state index in [0.29, 0.717) is 18.4 Å². The molecule has 4 nitrogen and oxygen atoms in total. The molecule has 0 aromatic heterocycles. The van der Waals surface area contributed by atoms with Crippen LogP contribution < -0.4 is 5.73 Å². The van der Waals surface area contributed by atoms with Crippen molar-refractivity contribution in [3.63, 3.8) is 0 Å². The molecule has 17 heavy (non-hydrogen) atoms. The van der Waals surface area contributed by atoms with Gasteiger partial charge in [-0.2, -0.15) is 4.99 Å². The Morgan fingerprint density at radius 3 is 2.24 bits per heavy atom. The van der Waals surface area contributed by atoms with Crippen LogP contribution in [-0.2, 0) is 4.79 Å². The largest absolute Gasteiger partial charge is 0.369 e. The van der Waals surface area contributed by atoms with Gasteiger partial charge in [-0.15, -0.1) is 0 Å². The second-order valence-electron chi connectivity index (χ2n) is 3.40. The van der Waals surface area contributed by atoms with Crippen LogP contribution in [0.4, 0.5) is 0 Å². The van der Waals surface area contributed by atoms with E-state index >= 15 is 0 Å². The number of hydrogen-bond acceptors (Lipinski definition) is 1. The van der Waals surface area contributed by atoms with Crippen molar-refractivity contribution >= 4 is 11.9 Å². The van der Waals surface area contributed by atoms with Crippen LogP contribution in [0.2, 0.25) is 0 Å². The zero-order chi connectivity index (χ0) is 13.8. The smallest absolute Gasteiger partial charge is 0.248 e. The minimum atomic E-state index is -0.142. The molecule has 1 saturated heterocycles. The summed E-state index contributed by atoms with van der Waals surface area (Å²) in [5.41, 5.74) is 5.70. The molecule has 0 saturated carbocycles. The second-order valence-corrected chi connectivity index (χ2v) is 3.40. The molecule has 1 aliphatic heterocycles. The van der Waals surface area contributed by atoms with Crippen LogP contribution in [0.1, 0.15) is 60.8 Å². The van der Waals surface area contributed by atoms with Crippen LogP contribution in [0, 0.1) is 0 Å². The highest BCUT2D eigenvalue weighted by Crippen LogP contribution is 2.15. The summed E-state index contributed by atoms with van der Waals surface area (Å²) in [6.07, 6.45) is 2.69. The molecule has 1 unspecified atom stereocenters. The lowest BCUT2D eigenvalue weighted by molar-refractivity contribution is -0.117. The topological polar surface area (TPSA) is 58.7 Å². The summed E-state index contributed by atoms with van der Waals surface area (Å²) in [5, 5.41) is 0. The Labute approximate surface area is 106 Å². The number of aliphatic imine (C=N–C) groups is 1. The first-order chi connectivity index (χ1) is 8.15. The summed E-state index contributed by atoms with van der Waals surface area (Å²) in [4.78, 5) is 16.8. The van der Waals surface area contributed by atoms with E-state index in [9.17, 15) is 4.79 Å². The molecule has 0 spiro atoms. The van der Waals surface area contributed by atoms with Crippen molar-refractivity contribution in [2.75, 3.05) is 6.54 Å². The van der Waals surface area contributed by atoms with Crippen LogP contribution in [0.3, 0.4) is 0 Å². The molecule has 0 radical (unpaired) electrons. The molecule has 1 rings (SSSR count). The Bertz CT molecular complexity index is 227. The van der Waals surface area contributed by atoms with E-state index in [4.69, 9.17) is 5.73 Å². The van der Waals surface area contributed by atoms with Gasteiger partial charge in [0.05, 0.1) is 0 Å².